The number of nitrogens with two attached hydrogens (primary N) is 1. The summed E-state index contributed by atoms with van der Waals surface area (Å²) in [5.41, 5.74) is 4.66. The van der Waals surface area contributed by atoms with E-state index in [1.807, 2.05) is 0 Å². The second-order valence-electron chi connectivity index (χ2n) is 7.37. The van der Waals surface area contributed by atoms with Crippen LogP contribution in [0.4, 0.5) is 0 Å². The van der Waals surface area contributed by atoms with E-state index in [4.69, 9.17) is 34.0 Å². The highest BCUT2D eigenvalue weighted by Gasteiger charge is 2.42. The number of aliphatic hydroxyl groups excluding tert-OH is 2. The van der Waals surface area contributed by atoms with Crippen molar-refractivity contribution in [3.63, 3.8) is 0 Å². The summed E-state index contributed by atoms with van der Waals surface area (Å²) in [5.74, 6) is -0.362. The molecule has 0 aromatic heterocycles. The second-order valence-corrected chi connectivity index (χ2v) is 8.49. The first-order valence-corrected chi connectivity index (χ1v) is 9.39. The Morgan fingerprint density at radius 3 is 2.38 bits per heavy atom. The fraction of sp³-hybridized carbons (Fsp3) is 0.938. The molecule has 0 aromatic rings. The van der Waals surface area contributed by atoms with Gasteiger partial charge in [-0.15, -0.1) is 23.2 Å². The fourth-order valence-corrected chi connectivity index (χ4v) is 4.37. The summed E-state index contributed by atoms with van der Waals surface area (Å²) in [6.07, 6.45) is 1.90. The Bertz CT molecular complexity index is 444. The molecule has 0 radical (unpaired) electrons. The molecule has 8 heteroatoms. The van der Waals surface area contributed by atoms with E-state index in [0.717, 1.165) is 0 Å². The minimum Gasteiger partial charge on any atom is -0.393 e. The van der Waals surface area contributed by atoms with Gasteiger partial charge < -0.3 is 26.0 Å². The number of hydrogen-bond donors (Lipinski definition) is 4. The van der Waals surface area contributed by atoms with Crippen molar-refractivity contribution in [1.82, 2.24) is 4.90 Å². The molecule has 140 valence electrons. The minimum absolute atomic E-state index is 0.0877. The molecule has 5 N–H and O–H groups in total. The van der Waals surface area contributed by atoms with Crippen molar-refractivity contribution in [3.8, 4) is 0 Å². The molecule has 2 rings (SSSR count). The molecule has 1 aliphatic carbocycles. The normalized spacial score (nSPS) is 36.2. The number of aliphatic hydroxyl groups is 3. The van der Waals surface area contributed by atoms with Gasteiger partial charge in [-0.05, 0) is 38.5 Å². The Morgan fingerprint density at radius 1 is 1.29 bits per heavy atom. The highest BCUT2D eigenvalue weighted by atomic mass is 35.5. The molecular weight excluding hydrogens is 355 g/mol. The summed E-state index contributed by atoms with van der Waals surface area (Å²) >= 11 is 12.3. The molecule has 24 heavy (non-hydrogen) atoms. The fourth-order valence-electron chi connectivity index (χ4n) is 3.78. The molecule has 6 atom stereocenters. The molecule has 1 saturated heterocycles. The predicted octanol–water partition coefficient (Wildman–Crippen LogP) is 0.281. The number of halogens is 2. The van der Waals surface area contributed by atoms with Crippen LogP contribution in [0.1, 0.15) is 32.6 Å². The Hall–Kier alpha value is -0.110. The number of carbonyl (C=O) groups is 1. The summed E-state index contributed by atoms with van der Waals surface area (Å²) in [4.78, 5) is 13.7. The zero-order valence-corrected chi connectivity index (χ0v) is 15.5. The number of nitrogens with zero attached hydrogens (tertiary/aromatic N) is 1. The molecule has 0 spiro atoms. The number of alkyl halides is 2. The van der Waals surface area contributed by atoms with Gasteiger partial charge in [-0.3, -0.25) is 4.79 Å². The predicted molar refractivity (Wildman–Crippen MR) is 93.0 cm³/mol. The van der Waals surface area contributed by atoms with Crippen LogP contribution < -0.4 is 5.73 Å². The maximum Gasteiger partial charge on any atom is 0.256 e. The molecule has 5 unspecified atom stereocenters. The quantitative estimate of drug-likeness (QED) is 0.522. The zero-order valence-electron chi connectivity index (χ0n) is 13.9. The summed E-state index contributed by atoms with van der Waals surface area (Å²) in [6.45, 7) is 1.68. The maximum absolute atomic E-state index is 12.2. The first kappa shape index (κ1) is 20.2. The first-order valence-electron chi connectivity index (χ1n) is 8.51. The average Bonchev–Trinajstić information content (AvgIpc) is 2.57. The number of rotatable bonds is 4. The van der Waals surface area contributed by atoms with E-state index in [2.05, 4.69) is 0 Å². The zero-order chi connectivity index (χ0) is 18.1. The van der Waals surface area contributed by atoms with E-state index in [1.165, 1.54) is 6.92 Å². The molecular formula is C16H28Cl2N2O4. The third-order valence-electron chi connectivity index (χ3n) is 5.48. The topological polar surface area (TPSA) is 107 Å². The Morgan fingerprint density at radius 2 is 1.83 bits per heavy atom. The van der Waals surface area contributed by atoms with Gasteiger partial charge in [-0.1, -0.05) is 0 Å². The smallest absolute Gasteiger partial charge is 0.256 e. The lowest BCUT2D eigenvalue weighted by atomic mass is 9.74. The lowest BCUT2D eigenvalue weighted by molar-refractivity contribution is -0.155. The van der Waals surface area contributed by atoms with Gasteiger partial charge in [0.05, 0.1) is 23.5 Å². The SMILES string of the molecule is CC(O)(CO)C(=O)N1CCC([C@@H](N)C2CC(Cl)C(Cl)CC2O)CC1. The largest absolute Gasteiger partial charge is 0.393 e. The van der Waals surface area contributed by atoms with Crippen molar-refractivity contribution in [2.75, 3.05) is 19.7 Å². The molecule has 1 aliphatic heterocycles. The van der Waals surface area contributed by atoms with Gasteiger partial charge in [0.15, 0.2) is 5.60 Å². The van der Waals surface area contributed by atoms with Crippen molar-refractivity contribution in [2.24, 2.45) is 17.6 Å². The van der Waals surface area contributed by atoms with Crippen molar-refractivity contribution in [1.29, 1.82) is 0 Å². The summed E-state index contributed by atoms with van der Waals surface area (Å²) in [5, 5.41) is 28.9. The number of amides is 1. The molecule has 1 amide bonds. The number of carbonyl (C=O) groups excluding carboxylic acids is 1. The summed E-state index contributed by atoms with van der Waals surface area (Å²) in [6, 6.07) is -0.193. The average molecular weight is 383 g/mol. The third-order valence-corrected chi connectivity index (χ3v) is 6.58. The molecule has 0 bridgehead atoms. The van der Waals surface area contributed by atoms with Gasteiger partial charge in [0.2, 0.25) is 0 Å². The van der Waals surface area contributed by atoms with Crippen LogP contribution >= 0.6 is 23.2 Å². The van der Waals surface area contributed by atoms with Crippen LogP contribution in [-0.4, -0.2) is 74.3 Å². The number of hydrogen-bond acceptors (Lipinski definition) is 5. The van der Waals surface area contributed by atoms with Gasteiger partial charge in [0.1, 0.15) is 0 Å². The van der Waals surface area contributed by atoms with E-state index in [1.54, 1.807) is 4.90 Å². The summed E-state index contributed by atoms with van der Waals surface area (Å²) < 4.78 is 0. The summed E-state index contributed by atoms with van der Waals surface area (Å²) in [7, 11) is 0. The van der Waals surface area contributed by atoms with Crippen LogP contribution in [0, 0.1) is 11.8 Å². The van der Waals surface area contributed by atoms with Crippen LogP contribution in [0.2, 0.25) is 0 Å². The Balaban J connectivity index is 1.91. The van der Waals surface area contributed by atoms with Gasteiger partial charge in [0, 0.05) is 25.0 Å². The minimum atomic E-state index is -1.74. The van der Waals surface area contributed by atoms with E-state index < -0.39 is 24.2 Å². The molecule has 1 saturated carbocycles. The highest BCUT2D eigenvalue weighted by Crippen LogP contribution is 2.37. The monoisotopic (exact) mass is 382 g/mol. The van der Waals surface area contributed by atoms with Crippen LogP contribution in [-0.2, 0) is 4.79 Å². The lowest BCUT2D eigenvalue weighted by Crippen LogP contribution is -2.55. The third kappa shape index (κ3) is 4.34. The van der Waals surface area contributed by atoms with Gasteiger partial charge in [-0.2, -0.15) is 0 Å². The molecule has 1 heterocycles. The lowest BCUT2D eigenvalue weighted by Gasteiger charge is -2.43. The van der Waals surface area contributed by atoms with E-state index in [0.29, 0.717) is 38.8 Å². The second kappa shape index (κ2) is 8.06. The van der Waals surface area contributed by atoms with E-state index in [9.17, 15) is 15.0 Å². The molecule has 2 aliphatic rings. The van der Waals surface area contributed by atoms with Crippen LogP contribution in [0.3, 0.4) is 0 Å². The maximum atomic E-state index is 12.2. The Kier molecular flexibility index (Phi) is 6.79. The molecule has 6 nitrogen and oxygen atoms in total. The van der Waals surface area contributed by atoms with Crippen molar-refractivity contribution in [2.45, 2.75) is 61.1 Å². The van der Waals surface area contributed by atoms with Crippen molar-refractivity contribution < 1.29 is 20.1 Å². The van der Waals surface area contributed by atoms with E-state index >= 15 is 0 Å². The number of likely N-dealkylation sites (tertiary alicyclic amines) is 1. The van der Waals surface area contributed by atoms with Gasteiger partial charge in [-0.25, -0.2) is 0 Å². The molecule has 2 fully saturated rings. The van der Waals surface area contributed by atoms with Crippen LogP contribution in [0.25, 0.3) is 0 Å². The standard InChI is InChI=1S/C16H28Cl2N2O4/c1-16(24,8-21)15(23)20-4-2-9(3-5-20)14(19)10-6-11(17)12(18)7-13(10)22/h9-14,21-22,24H,2-8,19H2,1H3/t10?,11?,12?,13?,14-,16?/m1/s1. The van der Waals surface area contributed by atoms with Crippen molar-refractivity contribution in [3.05, 3.63) is 0 Å². The first-order chi connectivity index (χ1) is 11.2. The molecule has 0 aromatic carbocycles. The Labute approximate surface area is 152 Å². The van der Waals surface area contributed by atoms with Crippen LogP contribution in [0.5, 0.6) is 0 Å². The van der Waals surface area contributed by atoms with Crippen LogP contribution in [0.15, 0.2) is 0 Å². The highest BCUT2D eigenvalue weighted by molar-refractivity contribution is 6.30. The van der Waals surface area contributed by atoms with Crippen molar-refractivity contribution >= 4 is 29.1 Å². The number of piperidine rings is 1. The van der Waals surface area contributed by atoms with Gasteiger partial charge in [0.25, 0.3) is 5.91 Å². The van der Waals surface area contributed by atoms with Gasteiger partial charge >= 0.3 is 0 Å². The van der Waals surface area contributed by atoms with E-state index in [-0.39, 0.29) is 28.6 Å².